The molecule has 0 spiro atoms. The average Bonchev–Trinajstić information content (AvgIpc) is 2.04. The number of hydrogen-bond acceptors (Lipinski definition) is 4. The van der Waals surface area contributed by atoms with E-state index in [-0.39, 0.29) is 5.56 Å². The molecular formula is C7H11N3OS. The van der Waals surface area contributed by atoms with E-state index in [1.165, 1.54) is 17.8 Å². The van der Waals surface area contributed by atoms with Crippen molar-refractivity contribution in [3.63, 3.8) is 0 Å². The first-order valence-corrected chi connectivity index (χ1v) is 4.77. The van der Waals surface area contributed by atoms with E-state index >= 15 is 0 Å². The second-order valence-electron chi connectivity index (χ2n) is 2.28. The molecule has 0 saturated heterocycles. The van der Waals surface area contributed by atoms with Crippen molar-refractivity contribution >= 4 is 11.8 Å². The summed E-state index contributed by atoms with van der Waals surface area (Å²) in [7, 11) is 1.82. The number of hydrogen-bond donors (Lipinski definition) is 2. The molecule has 0 aliphatic heterocycles. The van der Waals surface area contributed by atoms with Crippen LogP contribution in [-0.2, 0) is 6.54 Å². The molecule has 12 heavy (non-hydrogen) atoms. The van der Waals surface area contributed by atoms with Gasteiger partial charge in [-0.3, -0.25) is 4.79 Å². The molecule has 0 aliphatic rings. The van der Waals surface area contributed by atoms with Crippen LogP contribution in [0, 0.1) is 0 Å². The minimum absolute atomic E-state index is 0.0976. The average molecular weight is 185 g/mol. The second kappa shape index (κ2) is 4.27. The van der Waals surface area contributed by atoms with Gasteiger partial charge in [0, 0.05) is 12.6 Å². The standard InChI is InChI=1S/C7H11N3OS/c1-8-4-5-3-6(11)10-7(9-5)12-2/h3,8H,4H2,1-2H3,(H,9,10,11). The Bertz CT molecular complexity index is 310. The zero-order valence-electron chi connectivity index (χ0n) is 7.05. The van der Waals surface area contributed by atoms with Crippen molar-refractivity contribution in [2.75, 3.05) is 13.3 Å². The highest BCUT2D eigenvalue weighted by molar-refractivity contribution is 7.98. The van der Waals surface area contributed by atoms with Crippen molar-refractivity contribution in [2.45, 2.75) is 11.7 Å². The van der Waals surface area contributed by atoms with Gasteiger partial charge >= 0.3 is 0 Å². The van der Waals surface area contributed by atoms with Gasteiger partial charge in [0.15, 0.2) is 5.16 Å². The Morgan fingerprint density at radius 2 is 2.50 bits per heavy atom. The molecule has 0 bridgehead atoms. The topological polar surface area (TPSA) is 57.8 Å². The van der Waals surface area contributed by atoms with Gasteiger partial charge in [0.05, 0.1) is 5.69 Å². The lowest BCUT2D eigenvalue weighted by Gasteiger charge is -1.99. The summed E-state index contributed by atoms with van der Waals surface area (Å²) in [6, 6.07) is 1.50. The fourth-order valence-electron chi connectivity index (χ4n) is 0.852. The second-order valence-corrected chi connectivity index (χ2v) is 3.07. The van der Waals surface area contributed by atoms with E-state index in [0.29, 0.717) is 11.7 Å². The van der Waals surface area contributed by atoms with Gasteiger partial charge in [0.2, 0.25) is 0 Å². The summed E-state index contributed by atoms with van der Waals surface area (Å²) in [6.45, 7) is 0.622. The molecule has 0 unspecified atom stereocenters. The van der Waals surface area contributed by atoms with Crippen LogP contribution in [0.4, 0.5) is 0 Å². The maximum Gasteiger partial charge on any atom is 0.251 e. The summed E-state index contributed by atoms with van der Waals surface area (Å²) in [5.74, 6) is 0. The number of nitrogens with one attached hydrogen (secondary N) is 2. The van der Waals surface area contributed by atoms with Crippen LogP contribution >= 0.6 is 11.8 Å². The minimum atomic E-state index is -0.0976. The van der Waals surface area contributed by atoms with Crippen molar-refractivity contribution < 1.29 is 0 Å². The van der Waals surface area contributed by atoms with Crippen LogP contribution in [0.3, 0.4) is 0 Å². The van der Waals surface area contributed by atoms with E-state index in [0.717, 1.165) is 5.69 Å². The third-order valence-electron chi connectivity index (χ3n) is 1.32. The van der Waals surface area contributed by atoms with E-state index in [1.807, 2.05) is 13.3 Å². The predicted octanol–water partition coefficient (Wildman–Crippen LogP) is 0.211. The van der Waals surface area contributed by atoms with Crippen molar-refractivity contribution in [1.29, 1.82) is 0 Å². The summed E-state index contributed by atoms with van der Waals surface area (Å²) in [5, 5.41) is 3.60. The summed E-state index contributed by atoms with van der Waals surface area (Å²) in [4.78, 5) is 17.8. The normalized spacial score (nSPS) is 10.2. The first kappa shape index (κ1) is 9.28. The smallest absolute Gasteiger partial charge is 0.251 e. The predicted molar refractivity (Wildman–Crippen MR) is 49.4 cm³/mol. The molecule has 0 aliphatic carbocycles. The number of nitrogens with zero attached hydrogens (tertiary/aromatic N) is 1. The molecule has 66 valence electrons. The Hall–Kier alpha value is -0.810. The number of H-pyrrole nitrogens is 1. The molecule has 1 rings (SSSR count). The van der Waals surface area contributed by atoms with E-state index < -0.39 is 0 Å². The Morgan fingerprint density at radius 1 is 1.75 bits per heavy atom. The van der Waals surface area contributed by atoms with Gasteiger partial charge in [-0.2, -0.15) is 0 Å². The fourth-order valence-corrected chi connectivity index (χ4v) is 1.26. The third kappa shape index (κ3) is 2.35. The van der Waals surface area contributed by atoms with E-state index in [1.54, 1.807) is 0 Å². The SMILES string of the molecule is CNCc1cc(=O)[nH]c(SC)n1. The molecular weight excluding hydrogens is 174 g/mol. The summed E-state index contributed by atoms with van der Waals surface area (Å²) >= 11 is 1.43. The van der Waals surface area contributed by atoms with Gasteiger partial charge < -0.3 is 10.3 Å². The molecule has 1 aromatic heterocycles. The lowest BCUT2D eigenvalue weighted by Crippen LogP contribution is -2.14. The van der Waals surface area contributed by atoms with Crippen LogP contribution in [-0.4, -0.2) is 23.3 Å². The summed E-state index contributed by atoms with van der Waals surface area (Å²) in [5.41, 5.74) is 0.671. The molecule has 0 aromatic carbocycles. The Kier molecular flexibility index (Phi) is 3.31. The van der Waals surface area contributed by atoms with Crippen LogP contribution in [0.5, 0.6) is 0 Å². The molecule has 4 nitrogen and oxygen atoms in total. The van der Waals surface area contributed by atoms with Gasteiger partial charge in [-0.1, -0.05) is 11.8 Å². The molecule has 1 heterocycles. The van der Waals surface area contributed by atoms with Crippen LogP contribution in [0.15, 0.2) is 16.0 Å². The van der Waals surface area contributed by atoms with Crippen LogP contribution in [0.2, 0.25) is 0 Å². The Morgan fingerprint density at radius 3 is 3.08 bits per heavy atom. The highest BCUT2D eigenvalue weighted by Crippen LogP contribution is 2.04. The zero-order chi connectivity index (χ0) is 8.97. The van der Waals surface area contributed by atoms with Crippen molar-refractivity contribution in [2.24, 2.45) is 0 Å². The first-order chi connectivity index (χ1) is 5.76. The van der Waals surface area contributed by atoms with Crippen LogP contribution in [0.25, 0.3) is 0 Å². The first-order valence-electron chi connectivity index (χ1n) is 3.55. The van der Waals surface area contributed by atoms with Gasteiger partial charge in [-0.05, 0) is 13.3 Å². The maximum atomic E-state index is 11.0. The highest BCUT2D eigenvalue weighted by Gasteiger charge is 1.97. The van der Waals surface area contributed by atoms with Gasteiger partial charge in [0.1, 0.15) is 0 Å². The number of thioether (sulfide) groups is 1. The molecule has 5 heteroatoms. The number of aromatic nitrogens is 2. The lowest BCUT2D eigenvalue weighted by molar-refractivity contribution is 0.757. The minimum Gasteiger partial charge on any atom is -0.314 e. The maximum absolute atomic E-state index is 11.0. The summed E-state index contributed by atoms with van der Waals surface area (Å²) in [6.07, 6.45) is 1.88. The van der Waals surface area contributed by atoms with Gasteiger partial charge in [-0.25, -0.2) is 4.98 Å². The zero-order valence-corrected chi connectivity index (χ0v) is 7.86. The van der Waals surface area contributed by atoms with Crippen LogP contribution in [0.1, 0.15) is 5.69 Å². The molecule has 0 amide bonds. The molecule has 2 N–H and O–H groups in total. The van der Waals surface area contributed by atoms with Gasteiger partial charge in [-0.15, -0.1) is 0 Å². The lowest BCUT2D eigenvalue weighted by atomic mass is 10.4. The Labute approximate surface area is 74.8 Å². The van der Waals surface area contributed by atoms with Crippen molar-refractivity contribution in [3.05, 3.63) is 22.1 Å². The number of rotatable bonds is 3. The van der Waals surface area contributed by atoms with E-state index in [9.17, 15) is 4.79 Å². The molecule has 0 radical (unpaired) electrons. The highest BCUT2D eigenvalue weighted by atomic mass is 32.2. The number of aromatic amines is 1. The molecule has 0 atom stereocenters. The van der Waals surface area contributed by atoms with Gasteiger partial charge in [0.25, 0.3) is 5.56 Å². The van der Waals surface area contributed by atoms with Crippen LogP contribution < -0.4 is 10.9 Å². The largest absolute Gasteiger partial charge is 0.314 e. The molecule has 1 aromatic rings. The van der Waals surface area contributed by atoms with Crippen molar-refractivity contribution in [3.8, 4) is 0 Å². The molecule has 0 saturated carbocycles. The molecule has 0 fully saturated rings. The fraction of sp³-hybridized carbons (Fsp3) is 0.429. The van der Waals surface area contributed by atoms with E-state index in [4.69, 9.17) is 0 Å². The van der Waals surface area contributed by atoms with Crippen molar-refractivity contribution in [1.82, 2.24) is 15.3 Å². The van der Waals surface area contributed by atoms with E-state index in [2.05, 4.69) is 15.3 Å². The Balaban J connectivity index is 2.98. The quantitative estimate of drug-likeness (QED) is 0.522. The summed E-state index contributed by atoms with van der Waals surface area (Å²) < 4.78 is 0. The third-order valence-corrected chi connectivity index (χ3v) is 1.90. The monoisotopic (exact) mass is 185 g/mol.